The summed E-state index contributed by atoms with van der Waals surface area (Å²) in [5, 5.41) is 3.27. The molecule has 25 heavy (non-hydrogen) atoms. The molecule has 0 fully saturated rings. The monoisotopic (exact) mass is 361 g/mol. The summed E-state index contributed by atoms with van der Waals surface area (Å²) < 4.78 is 26.3. The van der Waals surface area contributed by atoms with Crippen molar-refractivity contribution in [3.8, 4) is 0 Å². The highest BCUT2D eigenvalue weighted by Crippen LogP contribution is 2.25. The van der Waals surface area contributed by atoms with Gasteiger partial charge < -0.3 is 5.32 Å². The van der Waals surface area contributed by atoms with E-state index in [2.05, 4.69) is 47.9 Å². The lowest BCUT2D eigenvalue weighted by Gasteiger charge is -2.19. The van der Waals surface area contributed by atoms with Crippen LogP contribution in [-0.4, -0.2) is 19.2 Å². The van der Waals surface area contributed by atoms with Gasteiger partial charge in [-0.2, -0.15) is 0 Å². The molecule has 0 aliphatic heterocycles. The number of hydrogen-bond acceptors (Lipinski definition) is 4. The zero-order valence-electron chi connectivity index (χ0n) is 15.3. The number of benzene rings is 1. The number of hydrogen-bond donors (Lipinski definition) is 2. The number of unbranched alkanes of at least 4 members (excludes halogenated alkanes) is 1. The molecule has 2 aromatic rings. The van der Waals surface area contributed by atoms with E-state index in [-0.39, 0.29) is 11.2 Å². The first-order valence-corrected chi connectivity index (χ1v) is 10.2. The van der Waals surface area contributed by atoms with E-state index in [0.29, 0.717) is 12.2 Å². The lowest BCUT2D eigenvalue weighted by molar-refractivity contribution is 0.590. The predicted molar refractivity (Wildman–Crippen MR) is 105 cm³/mol. The largest absolute Gasteiger partial charge is 0.354 e. The number of aromatic nitrogens is 1. The molecule has 5 nitrogen and oxygen atoms in total. The van der Waals surface area contributed by atoms with Crippen LogP contribution in [0.2, 0.25) is 0 Å². The van der Waals surface area contributed by atoms with Gasteiger partial charge in [-0.1, -0.05) is 46.2 Å². The molecular weight excluding hydrogens is 334 g/mol. The third-order valence-corrected chi connectivity index (χ3v) is 5.18. The normalized spacial score (nSPS) is 12.0. The first-order valence-electron chi connectivity index (χ1n) is 8.54. The van der Waals surface area contributed by atoms with Crippen molar-refractivity contribution in [3.63, 3.8) is 0 Å². The third kappa shape index (κ3) is 6.05. The Morgan fingerprint density at radius 1 is 1.00 bits per heavy atom. The van der Waals surface area contributed by atoms with Gasteiger partial charge in [-0.15, -0.1) is 0 Å². The summed E-state index contributed by atoms with van der Waals surface area (Å²) in [6.07, 6.45) is 3.10. The summed E-state index contributed by atoms with van der Waals surface area (Å²) in [4.78, 5) is 4.17. The number of pyridine rings is 1. The second kappa shape index (κ2) is 7.87. The van der Waals surface area contributed by atoms with Crippen molar-refractivity contribution in [1.29, 1.82) is 0 Å². The lowest BCUT2D eigenvalue weighted by Crippen LogP contribution is -2.17. The van der Waals surface area contributed by atoms with E-state index in [1.807, 2.05) is 25.1 Å². The van der Waals surface area contributed by atoms with E-state index in [1.165, 1.54) is 5.56 Å². The van der Waals surface area contributed by atoms with E-state index in [0.717, 1.165) is 17.8 Å². The van der Waals surface area contributed by atoms with Crippen molar-refractivity contribution in [2.75, 3.05) is 15.8 Å². The Bertz CT molecular complexity index is 777. The summed E-state index contributed by atoms with van der Waals surface area (Å²) in [5.41, 5.74) is 3.16. The van der Waals surface area contributed by atoms with Crippen LogP contribution in [0.1, 0.15) is 46.1 Å². The average Bonchev–Trinajstić information content (AvgIpc) is 2.54. The molecule has 2 N–H and O–H groups in total. The molecule has 0 spiro atoms. The number of nitrogens with zero attached hydrogens (tertiary/aromatic N) is 1. The molecule has 0 atom stereocenters. The minimum atomic E-state index is -3.32. The maximum atomic E-state index is 11.9. The van der Waals surface area contributed by atoms with E-state index < -0.39 is 10.0 Å². The Labute approximate surface area is 150 Å². The number of anilines is 3. The molecule has 1 aromatic carbocycles. The maximum absolute atomic E-state index is 11.9. The summed E-state index contributed by atoms with van der Waals surface area (Å²) in [7, 11) is -3.32. The van der Waals surface area contributed by atoms with Crippen molar-refractivity contribution in [2.24, 2.45) is 0 Å². The van der Waals surface area contributed by atoms with Gasteiger partial charge in [-0.05, 0) is 41.7 Å². The first kappa shape index (κ1) is 19.2. The lowest BCUT2D eigenvalue weighted by atomic mass is 9.87. The van der Waals surface area contributed by atoms with E-state index in [1.54, 1.807) is 12.3 Å². The van der Waals surface area contributed by atoms with Crippen LogP contribution < -0.4 is 10.0 Å². The van der Waals surface area contributed by atoms with Crippen LogP contribution in [0.5, 0.6) is 0 Å². The Hall–Kier alpha value is -2.08. The highest BCUT2D eigenvalue weighted by molar-refractivity contribution is 7.92. The van der Waals surface area contributed by atoms with Gasteiger partial charge in [-0.3, -0.25) is 4.72 Å². The zero-order chi connectivity index (χ0) is 18.5. The molecule has 136 valence electrons. The fraction of sp³-hybridized carbons (Fsp3) is 0.421. The van der Waals surface area contributed by atoms with Gasteiger partial charge in [-0.25, -0.2) is 13.4 Å². The van der Waals surface area contributed by atoms with Crippen LogP contribution >= 0.6 is 0 Å². The highest BCUT2D eigenvalue weighted by atomic mass is 32.2. The van der Waals surface area contributed by atoms with Gasteiger partial charge >= 0.3 is 0 Å². The Balaban J connectivity index is 2.01. The van der Waals surface area contributed by atoms with Gasteiger partial charge in [0.1, 0.15) is 5.82 Å². The fourth-order valence-electron chi connectivity index (χ4n) is 2.29. The van der Waals surface area contributed by atoms with Gasteiger partial charge in [0, 0.05) is 5.69 Å². The summed E-state index contributed by atoms with van der Waals surface area (Å²) in [6, 6.07) is 11.7. The zero-order valence-corrected chi connectivity index (χ0v) is 16.2. The summed E-state index contributed by atoms with van der Waals surface area (Å²) in [6.45, 7) is 8.50. The Morgan fingerprint density at radius 2 is 1.64 bits per heavy atom. The Kier molecular flexibility index (Phi) is 6.06. The molecule has 6 heteroatoms. The number of sulfonamides is 1. The maximum Gasteiger partial charge on any atom is 0.233 e. The standard InChI is InChI=1S/C19H27N3O2S/c1-5-6-13-25(23,24)22-18-12-11-17(14-20-18)21-16-9-7-15(8-10-16)19(2,3)4/h7-12,14,21H,5-6,13H2,1-4H3,(H,20,22). The van der Waals surface area contributed by atoms with Gasteiger partial charge in [0.25, 0.3) is 0 Å². The molecule has 0 amide bonds. The first-order chi connectivity index (χ1) is 11.7. The molecule has 0 radical (unpaired) electrons. The van der Waals surface area contributed by atoms with Gasteiger partial charge in [0.05, 0.1) is 17.6 Å². The molecule has 0 aliphatic carbocycles. The van der Waals surface area contributed by atoms with E-state index >= 15 is 0 Å². The van der Waals surface area contributed by atoms with E-state index in [4.69, 9.17) is 0 Å². The van der Waals surface area contributed by atoms with Crippen LogP contribution in [0.25, 0.3) is 0 Å². The number of nitrogens with one attached hydrogen (secondary N) is 2. The summed E-state index contributed by atoms with van der Waals surface area (Å²) in [5.74, 6) is 0.454. The highest BCUT2D eigenvalue weighted by Gasteiger charge is 2.13. The van der Waals surface area contributed by atoms with Crippen LogP contribution in [0.3, 0.4) is 0 Å². The molecule has 0 bridgehead atoms. The van der Waals surface area contributed by atoms with Crippen molar-refractivity contribution < 1.29 is 8.42 Å². The third-order valence-electron chi connectivity index (χ3n) is 3.83. The van der Waals surface area contributed by atoms with Gasteiger partial charge in [0.15, 0.2) is 0 Å². The smallest absolute Gasteiger partial charge is 0.233 e. The molecule has 0 aliphatic rings. The second-order valence-corrected chi connectivity index (χ2v) is 9.00. The topological polar surface area (TPSA) is 71.1 Å². The molecule has 1 heterocycles. The van der Waals surface area contributed by atoms with Crippen LogP contribution in [0.4, 0.5) is 17.2 Å². The quantitative estimate of drug-likeness (QED) is 0.752. The molecular formula is C19H27N3O2S. The molecule has 1 aromatic heterocycles. The predicted octanol–water partition coefficient (Wildman–Crippen LogP) is 4.66. The average molecular weight is 362 g/mol. The molecule has 0 saturated carbocycles. The van der Waals surface area contributed by atoms with E-state index in [9.17, 15) is 8.42 Å². The van der Waals surface area contributed by atoms with Crippen molar-refractivity contribution in [3.05, 3.63) is 48.2 Å². The fourth-order valence-corrected chi connectivity index (χ4v) is 3.50. The minimum Gasteiger partial charge on any atom is -0.354 e. The van der Waals surface area contributed by atoms with Crippen molar-refractivity contribution in [2.45, 2.75) is 46.0 Å². The van der Waals surface area contributed by atoms with Crippen molar-refractivity contribution >= 4 is 27.2 Å². The molecule has 0 saturated heterocycles. The summed E-state index contributed by atoms with van der Waals surface area (Å²) >= 11 is 0. The second-order valence-electron chi connectivity index (χ2n) is 7.16. The molecule has 0 unspecified atom stereocenters. The SMILES string of the molecule is CCCCS(=O)(=O)Nc1ccc(Nc2ccc(C(C)(C)C)cc2)cn1. The van der Waals surface area contributed by atoms with Crippen LogP contribution in [0.15, 0.2) is 42.6 Å². The van der Waals surface area contributed by atoms with Gasteiger partial charge in [0.2, 0.25) is 10.0 Å². The molecule has 2 rings (SSSR count). The van der Waals surface area contributed by atoms with Crippen molar-refractivity contribution in [1.82, 2.24) is 4.98 Å². The van der Waals surface area contributed by atoms with Crippen LogP contribution in [0, 0.1) is 0 Å². The Morgan fingerprint density at radius 3 is 2.16 bits per heavy atom. The minimum absolute atomic E-state index is 0.116. The number of rotatable bonds is 7. The van der Waals surface area contributed by atoms with Crippen LogP contribution in [-0.2, 0) is 15.4 Å².